The van der Waals surface area contributed by atoms with Gasteiger partial charge in [0.15, 0.2) is 11.6 Å². The second-order valence-corrected chi connectivity index (χ2v) is 3.85. The zero-order valence-corrected chi connectivity index (χ0v) is 9.53. The third kappa shape index (κ3) is 2.73. The maximum Gasteiger partial charge on any atom is 0.307 e. The van der Waals surface area contributed by atoms with E-state index in [4.69, 9.17) is 5.11 Å². The molecule has 1 aromatic heterocycles. The van der Waals surface area contributed by atoms with E-state index in [-0.39, 0.29) is 23.1 Å². The van der Waals surface area contributed by atoms with E-state index in [1.165, 1.54) is 12.1 Å². The van der Waals surface area contributed by atoms with E-state index in [1.54, 1.807) is 0 Å². The van der Waals surface area contributed by atoms with Gasteiger partial charge >= 0.3 is 5.97 Å². The van der Waals surface area contributed by atoms with Gasteiger partial charge in [0.1, 0.15) is 0 Å². The minimum Gasteiger partial charge on any atom is -0.481 e. The largest absolute Gasteiger partial charge is 0.481 e. The fourth-order valence-electron chi connectivity index (χ4n) is 1.66. The van der Waals surface area contributed by atoms with Crippen molar-refractivity contribution in [1.82, 2.24) is 4.98 Å². The third-order valence-electron chi connectivity index (χ3n) is 2.49. The van der Waals surface area contributed by atoms with Crippen molar-refractivity contribution in [3.8, 4) is 11.1 Å². The number of benzene rings is 1. The van der Waals surface area contributed by atoms with Crippen LogP contribution in [0.1, 0.15) is 5.56 Å². The van der Waals surface area contributed by atoms with E-state index in [9.17, 15) is 18.0 Å². The molecule has 0 aliphatic rings. The second kappa shape index (κ2) is 5.09. The topological polar surface area (TPSA) is 50.2 Å². The molecule has 19 heavy (non-hydrogen) atoms. The van der Waals surface area contributed by atoms with Gasteiger partial charge in [-0.2, -0.15) is 4.39 Å². The van der Waals surface area contributed by atoms with Crippen molar-refractivity contribution in [1.29, 1.82) is 0 Å². The standard InChI is InChI=1S/C13H8F3NO2/c14-10-3-1-2-8(12(10)15)9-4-7(5-11(18)19)6-17-13(9)16/h1-4,6H,5H2,(H,18,19). The van der Waals surface area contributed by atoms with Crippen molar-refractivity contribution in [2.75, 3.05) is 0 Å². The molecule has 2 aromatic rings. The molecule has 0 unspecified atom stereocenters. The molecule has 0 saturated carbocycles. The van der Waals surface area contributed by atoms with Gasteiger partial charge in [0.2, 0.25) is 5.95 Å². The maximum absolute atomic E-state index is 13.6. The van der Waals surface area contributed by atoms with Gasteiger partial charge in [0.05, 0.1) is 6.42 Å². The number of nitrogens with zero attached hydrogens (tertiary/aromatic N) is 1. The highest BCUT2D eigenvalue weighted by atomic mass is 19.2. The van der Waals surface area contributed by atoms with Crippen LogP contribution in [-0.2, 0) is 11.2 Å². The minimum absolute atomic E-state index is 0.201. The van der Waals surface area contributed by atoms with Crippen molar-refractivity contribution in [2.24, 2.45) is 0 Å². The van der Waals surface area contributed by atoms with E-state index >= 15 is 0 Å². The number of rotatable bonds is 3. The lowest BCUT2D eigenvalue weighted by atomic mass is 10.0. The Morgan fingerprint density at radius 3 is 2.63 bits per heavy atom. The van der Waals surface area contributed by atoms with Gasteiger partial charge in [-0.05, 0) is 17.7 Å². The molecule has 1 aromatic carbocycles. The van der Waals surface area contributed by atoms with Crippen molar-refractivity contribution in [2.45, 2.75) is 6.42 Å². The SMILES string of the molecule is O=C(O)Cc1cnc(F)c(-c2cccc(F)c2F)c1. The monoisotopic (exact) mass is 267 g/mol. The van der Waals surface area contributed by atoms with Gasteiger partial charge in [0, 0.05) is 17.3 Å². The van der Waals surface area contributed by atoms with Gasteiger partial charge in [-0.15, -0.1) is 0 Å². The highest BCUT2D eigenvalue weighted by Crippen LogP contribution is 2.26. The average molecular weight is 267 g/mol. The van der Waals surface area contributed by atoms with Crippen LogP contribution < -0.4 is 0 Å². The molecule has 98 valence electrons. The first kappa shape index (κ1) is 13.1. The number of aliphatic carboxylic acids is 1. The van der Waals surface area contributed by atoms with Crippen LogP contribution in [0, 0.1) is 17.6 Å². The van der Waals surface area contributed by atoms with Crippen LogP contribution in [0.2, 0.25) is 0 Å². The quantitative estimate of drug-likeness (QED) is 0.870. The Morgan fingerprint density at radius 2 is 1.95 bits per heavy atom. The summed E-state index contributed by atoms with van der Waals surface area (Å²) >= 11 is 0. The van der Waals surface area contributed by atoms with Gasteiger partial charge < -0.3 is 5.11 Å². The second-order valence-electron chi connectivity index (χ2n) is 3.85. The molecule has 0 spiro atoms. The molecule has 0 radical (unpaired) electrons. The molecule has 1 heterocycles. The molecule has 0 amide bonds. The smallest absolute Gasteiger partial charge is 0.307 e. The Bertz CT molecular complexity index is 644. The van der Waals surface area contributed by atoms with Crippen LogP contribution >= 0.6 is 0 Å². The van der Waals surface area contributed by atoms with Crippen LogP contribution in [0.4, 0.5) is 13.2 Å². The normalized spacial score (nSPS) is 10.5. The van der Waals surface area contributed by atoms with E-state index in [2.05, 4.69) is 4.98 Å². The summed E-state index contributed by atoms with van der Waals surface area (Å²) in [6, 6.07) is 4.49. The fourth-order valence-corrected chi connectivity index (χ4v) is 1.66. The van der Waals surface area contributed by atoms with Crippen LogP contribution in [0.15, 0.2) is 30.5 Å². The van der Waals surface area contributed by atoms with Gasteiger partial charge in [0.25, 0.3) is 0 Å². The molecule has 2 rings (SSSR count). The molecule has 1 N–H and O–H groups in total. The first-order chi connectivity index (χ1) is 8.99. The summed E-state index contributed by atoms with van der Waals surface area (Å²) in [4.78, 5) is 13.9. The Balaban J connectivity index is 2.54. The summed E-state index contributed by atoms with van der Waals surface area (Å²) in [5.74, 6) is -4.42. The Hall–Kier alpha value is -2.37. The lowest BCUT2D eigenvalue weighted by Crippen LogP contribution is -2.02. The van der Waals surface area contributed by atoms with Crippen LogP contribution in [-0.4, -0.2) is 16.1 Å². The molecule has 0 atom stereocenters. The predicted molar refractivity (Wildman–Crippen MR) is 60.9 cm³/mol. The average Bonchev–Trinajstić information content (AvgIpc) is 2.35. The molecule has 6 heteroatoms. The predicted octanol–water partition coefficient (Wildman–Crippen LogP) is 2.79. The first-order valence-corrected chi connectivity index (χ1v) is 5.29. The van der Waals surface area contributed by atoms with Crippen molar-refractivity contribution in [3.63, 3.8) is 0 Å². The highest BCUT2D eigenvalue weighted by molar-refractivity contribution is 5.72. The van der Waals surface area contributed by atoms with Crippen LogP contribution in [0.3, 0.4) is 0 Å². The molecular formula is C13H8F3NO2. The maximum atomic E-state index is 13.6. The Morgan fingerprint density at radius 1 is 1.21 bits per heavy atom. The molecule has 0 aliphatic heterocycles. The number of hydrogen-bond donors (Lipinski definition) is 1. The number of hydrogen-bond acceptors (Lipinski definition) is 2. The van der Waals surface area contributed by atoms with Crippen LogP contribution in [0.5, 0.6) is 0 Å². The lowest BCUT2D eigenvalue weighted by Gasteiger charge is -2.06. The molecule has 0 bridgehead atoms. The van der Waals surface area contributed by atoms with Gasteiger partial charge in [-0.25, -0.2) is 13.8 Å². The third-order valence-corrected chi connectivity index (χ3v) is 2.49. The minimum atomic E-state index is -1.20. The number of carboxylic acid groups (broad SMARTS) is 1. The number of pyridine rings is 1. The molecular weight excluding hydrogens is 259 g/mol. The number of carboxylic acids is 1. The Kier molecular flexibility index (Phi) is 3.50. The summed E-state index contributed by atoms with van der Waals surface area (Å²) in [7, 11) is 0. The number of halogens is 3. The van der Waals surface area contributed by atoms with Gasteiger partial charge in [-0.3, -0.25) is 4.79 Å². The number of aromatic nitrogens is 1. The highest BCUT2D eigenvalue weighted by Gasteiger charge is 2.15. The summed E-state index contributed by atoms with van der Waals surface area (Å²) in [5, 5.41) is 8.64. The molecule has 0 saturated heterocycles. The van der Waals surface area contributed by atoms with Gasteiger partial charge in [-0.1, -0.05) is 12.1 Å². The van der Waals surface area contributed by atoms with E-state index in [0.717, 1.165) is 18.3 Å². The summed E-state index contributed by atoms with van der Waals surface area (Å²) < 4.78 is 40.2. The summed E-state index contributed by atoms with van der Waals surface area (Å²) in [6.45, 7) is 0. The molecule has 0 aliphatic carbocycles. The summed E-state index contributed by atoms with van der Waals surface area (Å²) in [5.41, 5.74) is -0.361. The van der Waals surface area contributed by atoms with Crippen molar-refractivity contribution in [3.05, 3.63) is 53.6 Å². The first-order valence-electron chi connectivity index (χ1n) is 5.29. The van der Waals surface area contributed by atoms with E-state index < -0.39 is 23.6 Å². The zero-order valence-electron chi connectivity index (χ0n) is 9.53. The van der Waals surface area contributed by atoms with E-state index in [0.29, 0.717) is 0 Å². The molecule has 0 fully saturated rings. The molecule has 3 nitrogen and oxygen atoms in total. The van der Waals surface area contributed by atoms with Crippen molar-refractivity contribution >= 4 is 5.97 Å². The Labute approximate surface area is 106 Å². The van der Waals surface area contributed by atoms with Crippen LogP contribution in [0.25, 0.3) is 11.1 Å². The van der Waals surface area contributed by atoms with Crippen molar-refractivity contribution < 1.29 is 23.1 Å². The number of carbonyl (C=O) groups is 1. The lowest BCUT2D eigenvalue weighted by molar-refractivity contribution is -0.136. The zero-order chi connectivity index (χ0) is 14.0. The summed E-state index contributed by atoms with van der Waals surface area (Å²) in [6.07, 6.45) is 0.668. The van der Waals surface area contributed by atoms with E-state index in [1.807, 2.05) is 0 Å². The fraction of sp³-hybridized carbons (Fsp3) is 0.0769.